The standard InChI is InChI=1S/C18H10F5NO2/c1-2-3-6-24-10-7-9(4-5-11(10)26-8-12(24)25)13-14(19)16(21)18(23)17(22)15(13)20/h1,4-5,7H,3,6,8H2. The van der Waals surface area contributed by atoms with Crippen LogP contribution >= 0.6 is 0 Å². The molecule has 1 amide bonds. The second-order valence-corrected chi connectivity index (χ2v) is 5.42. The van der Waals surface area contributed by atoms with E-state index in [1.165, 1.54) is 11.0 Å². The predicted molar refractivity (Wildman–Crippen MR) is 83.0 cm³/mol. The molecule has 1 aliphatic rings. The number of carbonyl (C=O) groups is 1. The first-order valence-electron chi connectivity index (χ1n) is 7.39. The number of fused-ring (bicyclic) bond motifs is 1. The zero-order valence-corrected chi connectivity index (χ0v) is 13.1. The maximum absolute atomic E-state index is 14.0. The predicted octanol–water partition coefficient (Wildman–Crippen LogP) is 3.80. The Hall–Kier alpha value is -3.08. The molecule has 0 N–H and O–H groups in total. The molecule has 0 fully saturated rings. The number of hydrogen-bond acceptors (Lipinski definition) is 2. The van der Waals surface area contributed by atoms with Gasteiger partial charge in [-0.1, -0.05) is 6.07 Å². The Labute approximate surface area is 145 Å². The summed E-state index contributed by atoms with van der Waals surface area (Å²) in [4.78, 5) is 13.3. The van der Waals surface area contributed by atoms with Crippen LogP contribution in [0.2, 0.25) is 0 Å². The quantitative estimate of drug-likeness (QED) is 0.358. The minimum Gasteiger partial charge on any atom is -0.482 e. The van der Waals surface area contributed by atoms with E-state index < -0.39 is 40.6 Å². The van der Waals surface area contributed by atoms with Gasteiger partial charge in [-0.15, -0.1) is 12.3 Å². The van der Waals surface area contributed by atoms with Crippen molar-refractivity contribution in [3.8, 4) is 29.2 Å². The molecule has 2 aromatic rings. The second kappa shape index (κ2) is 6.67. The number of amides is 1. The molecular formula is C18H10F5NO2. The third-order valence-corrected chi connectivity index (χ3v) is 3.88. The number of terminal acetylenes is 1. The minimum absolute atomic E-state index is 0.117. The molecule has 2 aromatic carbocycles. The van der Waals surface area contributed by atoms with Crippen LogP contribution in [-0.4, -0.2) is 19.1 Å². The topological polar surface area (TPSA) is 29.5 Å². The van der Waals surface area contributed by atoms with Crippen LogP contribution in [0.4, 0.5) is 27.6 Å². The van der Waals surface area contributed by atoms with Crippen molar-refractivity contribution >= 4 is 11.6 Å². The second-order valence-electron chi connectivity index (χ2n) is 5.42. The van der Waals surface area contributed by atoms with Crippen LogP contribution in [0, 0.1) is 41.4 Å². The highest BCUT2D eigenvalue weighted by atomic mass is 19.2. The van der Waals surface area contributed by atoms with Crippen molar-refractivity contribution in [2.75, 3.05) is 18.1 Å². The Morgan fingerprint density at radius 2 is 1.65 bits per heavy atom. The molecule has 3 nitrogen and oxygen atoms in total. The van der Waals surface area contributed by atoms with Gasteiger partial charge in [0.05, 0.1) is 11.3 Å². The van der Waals surface area contributed by atoms with Crippen LogP contribution in [0.5, 0.6) is 5.75 Å². The van der Waals surface area contributed by atoms with Crippen LogP contribution in [0.25, 0.3) is 11.1 Å². The van der Waals surface area contributed by atoms with Crippen LogP contribution in [0.15, 0.2) is 18.2 Å². The number of anilines is 1. The van der Waals surface area contributed by atoms with E-state index in [-0.39, 0.29) is 36.6 Å². The van der Waals surface area contributed by atoms with Crippen LogP contribution in [-0.2, 0) is 4.79 Å². The van der Waals surface area contributed by atoms with Gasteiger partial charge in [-0.05, 0) is 17.7 Å². The fraction of sp³-hybridized carbons (Fsp3) is 0.167. The van der Waals surface area contributed by atoms with Crippen molar-refractivity contribution in [3.05, 3.63) is 47.3 Å². The molecule has 0 saturated heterocycles. The largest absolute Gasteiger partial charge is 0.482 e. The third-order valence-electron chi connectivity index (χ3n) is 3.88. The highest BCUT2D eigenvalue weighted by Gasteiger charge is 2.29. The molecule has 0 unspecified atom stereocenters. The maximum Gasteiger partial charge on any atom is 0.265 e. The summed E-state index contributed by atoms with van der Waals surface area (Å²) in [6, 6.07) is 3.56. The Kier molecular flexibility index (Phi) is 4.55. The summed E-state index contributed by atoms with van der Waals surface area (Å²) in [5, 5.41) is 0. The Balaban J connectivity index is 2.17. The Morgan fingerprint density at radius 3 is 2.27 bits per heavy atom. The van der Waals surface area contributed by atoms with Crippen molar-refractivity contribution in [2.24, 2.45) is 0 Å². The third kappa shape index (κ3) is 2.75. The molecule has 0 spiro atoms. The molecule has 0 radical (unpaired) electrons. The highest BCUT2D eigenvalue weighted by Crippen LogP contribution is 2.39. The summed E-state index contributed by atoms with van der Waals surface area (Å²) >= 11 is 0. The fourth-order valence-electron chi connectivity index (χ4n) is 2.64. The molecule has 0 aliphatic carbocycles. The number of ether oxygens (including phenoxy) is 1. The maximum atomic E-state index is 14.0. The van der Waals surface area contributed by atoms with E-state index in [0.29, 0.717) is 0 Å². The van der Waals surface area contributed by atoms with Gasteiger partial charge in [0, 0.05) is 13.0 Å². The molecule has 3 rings (SSSR count). The van der Waals surface area contributed by atoms with Gasteiger partial charge in [-0.2, -0.15) is 0 Å². The number of benzene rings is 2. The van der Waals surface area contributed by atoms with Gasteiger partial charge in [0.25, 0.3) is 5.91 Å². The van der Waals surface area contributed by atoms with Gasteiger partial charge < -0.3 is 9.64 Å². The van der Waals surface area contributed by atoms with Crippen molar-refractivity contribution in [1.82, 2.24) is 0 Å². The number of carbonyl (C=O) groups excluding carboxylic acids is 1. The monoisotopic (exact) mass is 367 g/mol. The molecule has 8 heteroatoms. The lowest BCUT2D eigenvalue weighted by atomic mass is 10.0. The average Bonchev–Trinajstić information content (AvgIpc) is 2.64. The first-order valence-corrected chi connectivity index (χ1v) is 7.39. The highest BCUT2D eigenvalue weighted by molar-refractivity contribution is 5.98. The molecule has 134 valence electrons. The SMILES string of the molecule is C#CCCN1C(=O)COc2ccc(-c3c(F)c(F)c(F)c(F)c3F)cc21. The Morgan fingerprint density at radius 1 is 1.04 bits per heavy atom. The van der Waals surface area contributed by atoms with E-state index in [2.05, 4.69) is 5.92 Å². The lowest BCUT2D eigenvalue weighted by Crippen LogP contribution is -2.39. The van der Waals surface area contributed by atoms with Crippen molar-refractivity contribution < 1.29 is 31.5 Å². The molecule has 26 heavy (non-hydrogen) atoms. The lowest BCUT2D eigenvalue weighted by Gasteiger charge is -2.29. The number of halogens is 5. The van der Waals surface area contributed by atoms with Crippen LogP contribution in [0.1, 0.15) is 6.42 Å². The van der Waals surface area contributed by atoms with Crippen molar-refractivity contribution in [2.45, 2.75) is 6.42 Å². The van der Waals surface area contributed by atoms with Crippen molar-refractivity contribution in [1.29, 1.82) is 0 Å². The van der Waals surface area contributed by atoms with Gasteiger partial charge in [-0.3, -0.25) is 4.79 Å². The molecule has 1 aliphatic heterocycles. The van der Waals surface area contributed by atoms with E-state index >= 15 is 0 Å². The first kappa shape index (κ1) is 17.7. The molecule has 1 heterocycles. The molecule has 0 atom stereocenters. The average molecular weight is 367 g/mol. The number of rotatable bonds is 3. The number of nitrogens with zero attached hydrogens (tertiary/aromatic N) is 1. The first-order chi connectivity index (χ1) is 12.4. The summed E-state index contributed by atoms with van der Waals surface area (Å²) in [6.07, 6.45) is 5.39. The normalized spacial score (nSPS) is 13.2. The van der Waals surface area contributed by atoms with E-state index in [9.17, 15) is 26.7 Å². The molecule has 0 bridgehead atoms. The van der Waals surface area contributed by atoms with Gasteiger partial charge in [0.15, 0.2) is 29.9 Å². The van der Waals surface area contributed by atoms with Crippen molar-refractivity contribution in [3.63, 3.8) is 0 Å². The molecular weight excluding hydrogens is 357 g/mol. The summed E-state index contributed by atoms with van der Waals surface area (Å²) in [6.45, 7) is -0.133. The van der Waals surface area contributed by atoms with E-state index in [1.54, 1.807) is 0 Å². The summed E-state index contributed by atoms with van der Waals surface area (Å²) in [7, 11) is 0. The zero-order chi connectivity index (χ0) is 19.0. The number of hydrogen-bond donors (Lipinski definition) is 0. The molecule has 0 aromatic heterocycles. The smallest absolute Gasteiger partial charge is 0.265 e. The zero-order valence-electron chi connectivity index (χ0n) is 13.1. The van der Waals surface area contributed by atoms with Crippen LogP contribution < -0.4 is 9.64 Å². The summed E-state index contributed by atoms with van der Waals surface area (Å²) < 4.78 is 73.4. The summed E-state index contributed by atoms with van der Waals surface area (Å²) in [5.74, 6) is -8.11. The van der Waals surface area contributed by atoms with Gasteiger partial charge in [-0.25, -0.2) is 22.0 Å². The molecule has 0 saturated carbocycles. The van der Waals surface area contributed by atoms with E-state index in [4.69, 9.17) is 11.2 Å². The minimum atomic E-state index is -2.24. The van der Waals surface area contributed by atoms with Gasteiger partial charge >= 0.3 is 0 Å². The summed E-state index contributed by atoms with van der Waals surface area (Å²) in [5.41, 5.74) is -1.24. The van der Waals surface area contributed by atoms with Gasteiger partial charge in [0.1, 0.15) is 5.75 Å². The van der Waals surface area contributed by atoms with E-state index in [1.807, 2.05) is 0 Å². The fourth-order valence-corrected chi connectivity index (χ4v) is 2.64. The van der Waals surface area contributed by atoms with Gasteiger partial charge in [0.2, 0.25) is 5.82 Å². The van der Waals surface area contributed by atoms with Crippen LogP contribution in [0.3, 0.4) is 0 Å². The Bertz CT molecular complexity index is 923. The lowest BCUT2D eigenvalue weighted by molar-refractivity contribution is -0.121. The van der Waals surface area contributed by atoms with E-state index in [0.717, 1.165) is 12.1 Å².